The van der Waals surface area contributed by atoms with E-state index in [9.17, 15) is 17.2 Å². The predicted molar refractivity (Wildman–Crippen MR) is 94.2 cm³/mol. The Balaban J connectivity index is 1.83. The van der Waals surface area contributed by atoms with E-state index in [1.807, 2.05) is 24.3 Å². The third kappa shape index (κ3) is 3.93. The molecule has 0 N–H and O–H groups in total. The smallest absolute Gasteiger partial charge is 0.184 e. The molecule has 0 fully saturated rings. The molecule has 1 aromatic heterocycles. The van der Waals surface area contributed by atoms with Crippen molar-refractivity contribution in [3.63, 3.8) is 0 Å². The van der Waals surface area contributed by atoms with Crippen molar-refractivity contribution >= 4 is 21.2 Å². The predicted octanol–water partition coefficient (Wildman–Crippen LogP) is 4.62. The molecule has 130 valence electrons. The molecular formula is C18H15F2NO2S2. The molecule has 2 aromatic carbocycles. The van der Waals surface area contributed by atoms with E-state index >= 15 is 0 Å². The molecule has 0 aliphatic rings. The first-order valence-electron chi connectivity index (χ1n) is 7.60. The maximum Gasteiger partial charge on any atom is 0.184 e. The number of nitrogens with zero attached hydrogens (tertiary/aromatic N) is 1. The van der Waals surface area contributed by atoms with Crippen LogP contribution in [0.2, 0.25) is 0 Å². The largest absolute Gasteiger partial charge is 0.240 e. The highest BCUT2D eigenvalue weighted by atomic mass is 32.2. The molecule has 0 radical (unpaired) electrons. The topological polar surface area (TPSA) is 47.0 Å². The summed E-state index contributed by atoms with van der Waals surface area (Å²) in [4.78, 5) is 4.10. The molecule has 1 heterocycles. The molecule has 0 aliphatic carbocycles. The minimum absolute atomic E-state index is 0.256. The average molecular weight is 379 g/mol. The molecule has 0 unspecified atom stereocenters. The lowest BCUT2D eigenvalue weighted by molar-refractivity contribution is 0.504. The Morgan fingerprint density at radius 1 is 1.04 bits per heavy atom. The van der Waals surface area contributed by atoms with E-state index in [1.54, 1.807) is 5.38 Å². The zero-order valence-corrected chi connectivity index (χ0v) is 15.0. The van der Waals surface area contributed by atoms with Gasteiger partial charge < -0.3 is 0 Å². The lowest BCUT2D eigenvalue weighted by atomic mass is 10.1. The second-order valence-electron chi connectivity index (χ2n) is 5.53. The summed E-state index contributed by atoms with van der Waals surface area (Å²) in [6, 6.07) is 10.5. The zero-order chi connectivity index (χ0) is 18.0. The standard InChI is InChI=1S/C18H15F2NO2S2/c1-2-12-3-5-13(6-4-12)18-21-14(10-24-18)11-25(22,23)15-7-8-16(19)17(20)9-15/h3-10H,2,11H2,1H3. The summed E-state index contributed by atoms with van der Waals surface area (Å²) in [6.45, 7) is 2.07. The second-order valence-corrected chi connectivity index (χ2v) is 8.38. The summed E-state index contributed by atoms with van der Waals surface area (Å²) in [6.07, 6.45) is 0.940. The van der Waals surface area contributed by atoms with Crippen LogP contribution in [0, 0.1) is 11.6 Å². The Morgan fingerprint density at radius 2 is 1.76 bits per heavy atom. The molecule has 0 amide bonds. The number of benzene rings is 2. The van der Waals surface area contributed by atoms with E-state index in [1.165, 1.54) is 16.9 Å². The van der Waals surface area contributed by atoms with Gasteiger partial charge in [-0.25, -0.2) is 22.2 Å². The van der Waals surface area contributed by atoms with Crippen molar-refractivity contribution in [1.82, 2.24) is 4.98 Å². The number of hydrogen-bond donors (Lipinski definition) is 0. The summed E-state index contributed by atoms with van der Waals surface area (Å²) in [5, 5.41) is 2.39. The molecule has 0 bridgehead atoms. The molecule has 25 heavy (non-hydrogen) atoms. The molecule has 3 aromatic rings. The minimum atomic E-state index is -3.79. The summed E-state index contributed by atoms with van der Waals surface area (Å²) in [7, 11) is -3.79. The summed E-state index contributed by atoms with van der Waals surface area (Å²) >= 11 is 1.35. The van der Waals surface area contributed by atoms with Gasteiger partial charge >= 0.3 is 0 Å². The number of sulfone groups is 1. The van der Waals surface area contributed by atoms with Gasteiger partial charge in [0.2, 0.25) is 0 Å². The molecule has 3 rings (SSSR count). The number of aryl methyl sites for hydroxylation is 1. The van der Waals surface area contributed by atoms with Gasteiger partial charge in [-0.15, -0.1) is 11.3 Å². The maximum atomic E-state index is 13.3. The van der Waals surface area contributed by atoms with Gasteiger partial charge in [-0.05, 0) is 30.2 Å². The van der Waals surface area contributed by atoms with Gasteiger partial charge in [-0.1, -0.05) is 31.2 Å². The van der Waals surface area contributed by atoms with E-state index in [0.717, 1.165) is 29.1 Å². The Morgan fingerprint density at radius 3 is 2.40 bits per heavy atom. The van der Waals surface area contributed by atoms with Crippen molar-refractivity contribution in [2.24, 2.45) is 0 Å². The highest BCUT2D eigenvalue weighted by Gasteiger charge is 2.19. The zero-order valence-electron chi connectivity index (χ0n) is 13.4. The Hall–Kier alpha value is -2.12. The van der Waals surface area contributed by atoms with Crippen LogP contribution < -0.4 is 0 Å². The molecule has 3 nitrogen and oxygen atoms in total. The molecule has 0 spiro atoms. The van der Waals surface area contributed by atoms with Gasteiger partial charge in [0.05, 0.1) is 16.3 Å². The first-order chi connectivity index (χ1) is 11.9. The number of halogens is 2. The average Bonchev–Trinajstić information content (AvgIpc) is 3.05. The normalized spacial score (nSPS) is 11.6. The molecule has 0 saturated heterocycles. The Kier molecular flexibility index (Phi) is 4.96. The summed E-state index contributed by atoms with van der Waals surface area (Å²) in [5.74, 6) is -2.62. The van der Waals surface area contributed by atoms with Gasteiger partial charge in [0.1, 0.15) is 5.01 Å². The van der Waals surface area contributed by atoms with E-state index in [2.05, 4.69) is 11.9 Å². The van der Waals surface area contributed by atoms with Crippen LogP contribution in [-0.4, -0.2) is 13.4 Å². The minimum Gasteiger partial charge on any atom is -0.240 e. The quantitative estimate of drug-likeness (QED) is 0.608. The van der Waals surface area contributed by atoms with Crippen LogP contribution in [0.25, 0.3) is 10.6 Å². The summed E-state index contributed by atoms with van der Waals surface area (Å²) < 4.78 is 51.0. The first-order valence-corrected chi connectivity index (χ1v) is 10.1. The molecular weight excluding hydrogens is 364 g/mol. The monoisotopic (exact) mass is 379 g/mol. The third-order valence-corrected chi connectivity index (χ3v) is 6.34. The number of hydrogen-bond acceptors (Lipinski definition) is 4. The van der Waals surface area contributed by atoms with Gasteiger partial charge in [-0.3, -0.25) is 0 Å². The lowest BCUT2D eigenvalue weighted by Gasteiger charge is -2.03. The fraction of sp³-hybridized carbons (Fsp3) is 0.167. The van der Waals surface area contributed by atoms with Crippen molar-refractivity contribution in [2.45, 2.75) is 24.0 Å². The van der Waals surface area contributed by atoms with Crippen LogP contribution in [0.4, 0.5) is 8.78 Å². The maximum absolute atomic E-state index is 13.3. The Labute approximate surface area is 148 Å². The van der Waals surface area contributed by atoms with Gasteiger partial charge in [0.25, 0.3) is 0 Å². The van der Waals surface area contributed by atoms with Crippen LogP contribution >= 0.6 is 11.3 Å². The summed E-state index contributed by atoms with van der Waals surface area (Å²) in [5.41, 5.74) is 2.50. The van der Waals surface area contributed by atoms with Crippen LogP contribution in [-0.2, 0) is 22.0 Å². The first kappa shape index (κ1) is 17.7. The van der Waals surface area contributed by atoms with Gasteiger partial charge in [0.15, 0.2) is 21.5 Å². The van der Waals surface area contributed by atoms with E-state index in [4.69, 9.17) is 0 Å². The number of aromatic nitrogens is 1. The molecule has 0 saturated carbocycles. The van der Waals surface area contributed by atoms with Crippen LogP contribution in [0.5, 0.6) is 0 Å². The van der Waals surface area contributed by atoms with Gasteiger partial charge in [0, 0.05) is 10.9 Å². The second kappa shape index (κ2) is 7.01. The van der Waals surface area contributed by atoms with Crippen LogP contribution in [0.3, 0.4) is 0 Å². The third-order valence-electron chi connectivity index (χ3n) is 3.75. The fourth-order valence-electron chi connectivity index (χ4n) is 2.34. The molecule has 0 atom stereocenters. The highest BCUT2D eigenvalue weighted by molar-refractivity contribution is 7.90. The fourth-order valence-corrected chi connectivity index (χ4v) is 4.53. The van der Waals surface area contributed by atoms with Crippen molar-refractivity contribution in [2.75, 3.05) is 0 Å². The van der Waals surface area contributed by atoms with Crippen molar-refractivity contribution < 1.29 is 17.2 Å². The highest BCUT2D eigenvalue weighted by Crippen LogP contribution is 2.26. The number of rotatable bonds is 5. The van der Waals surface area contributed by atoms with E-state index in [0.29, 0.717) is 11.8 Å². The van der Waals surface area contributed by atoms with Gasteiger partial charge in [-0.2, -0.15) is 0 Å². The van der Waals surface area contributed by atoms with Crippen LogP contribution in [0.15, 0.2) is 52.7 Å². The van der Waals surface area contributed by atoms with Crippen molar-refractivity contribution in [3.05, 3.63) is 70.7 Å². The lowest BCUT2D eigenvalue weighted by Crippen LogP contribution is -2.06. The van der Waals surface area contributed by atoms with Crippen molar-refractivity contribution in [3.8, 4) is 10.6 Å². The number of thiazole rings is 1. The molecule has 0 aliphatic heterocycles. The Bertz CT molecular complexity index is 996. The van der Waals surface area contributed by atoms with E-state index in [-0.39, 0.29) is 10.6 Å². The molecule has 7 heteroatoms. The SMILES string of the molecule is CCc1ccc(-c2nc(CS(=O)(=O)c3ccc(F)c(F)c3)cs2)cc1. The van der Waals surface area contributed by atoms with Crippen LogP contribution in [0.1, 0.15) is 18.2 Å². The van der Waals surface area contributed by atoms with E-state index < -0.39 is 21.5 Å². The van der Waals surface area contributed by atoms with Crippen molar-refractivity contribution in [1.29, 1.82) is 0 Å².